The van der Waals surface area contributed by atoms with Gasteiger partial charge in [-0.25, -0.2) is 13.1 Å². The molecule has 0 fully saturated rings. The number of nitrogens with one attached hydrogen (secondary N) is 1. The standard InChI is InChI=1S/C7H10N2O2S.C2H6.H2/c1-9-12(10,11)7-4-2-6(8)3-5-7;1-2;/h2-5,9H,8H2,1H3;1-2H3;1H. The van der Waals surface area contributed by atoms with Crippen LogP contribution in [-0.4, -0.2) is 15.5 Å². The number of anilines is 1. The molecule has 0 unspecified atom stereocenters. The van der Waals surface area contributed by atoms with Crippen molar-refractivity contribution in [3.8, 4) is 0 Å². The van der Waals surface area contributed by atoms with Crippen molar-refractivity contribution in [1.82, 2.24) is 4.72 Å². The maximum atomic E-state index is 11.2. The van der Waals surface area contributed by atoms with Gasteiger partial charge < -0.3 is 5.73 Å². The number of nitrogens with two attached hydrogens (primary N) is 1. The Morgan fingerprint density at radius 1 is 1.21 bits per heavy atom. The minimum atomic E-state index is -3.32. The van der Waals surface area contributed by atoms with Gasteiger partial charge in [0.15, 0.2) is 0 Å². The van der Waals surface area contributed by atoms with Crippen LogP contribution in [0.3, 0.4) is 0 Å². The third kappa shape index (κ3) is 3.35. The molecule has 0 aromatic heterocycles. The second kappa shape index (κ2) is 5.62. The van der Waals surface area contributed by atoms with Crippen LogP contribution in [0.5, 0.6) is 0 Å². The van der Waals surface area contributed by atoms with Crippen LogP contribution in [0.15, 0.2) is 29.2 Å². The lowest BCUT2D eigenvalue weighted by Gasteiger charge is -2.01. The van der Waals surface area contributed by atoms with Crippen LogP contribution in [0.2, 0.25) is 0 Å². The molecule has 3 N–H and O–H groups in total. The number of benzene rings is 1. The summed E-state index contributed by atoms with van der Waals surface area (Å²) in [5, 5.41) is 0. The molecule has 0 heterocycles. The van der Waals surface area contributed by atoms with Gasteiger partial charge in [-0.1, -0.05) is 13.8 Å². The van der Waals surface area contributed by atoms with Crippen molar-refractivity contribution in [1.29, 1.82) is 0 Å². The van der Waals surface area contributed by atoms with E-state index in [2.05, 4.69) is 4.72 Å². The van der Waals surface area contributed by atoms with Gasteiger partial charge in [-0.2, -0.15) is 0 Å². The van der Waals surface area contributed by atoms with E-state index in [-0.39, 0.29) is 6.32 Å². The van der Waals surface area contributed by atoms with E-state index in [1.165, 1.54) is 19.2 Å². The molecule has 82 valence electrons. The Bertz CT molecular complexity index is 362. The van der Waals surface area contributed by atoms with Crippen molar-refractivity contribution in [3.05, 3.63) is 24.3 Å². The molecule has 0 saturated carbocycles. The molecular formula is C9H18N2O2S. The molecular weight excluding hydrogens is 200 g/mol. The van der Waals surface area contributed by atoms with E-state index in [1.807, 2.05) is 13.8 Å². The van der Waals surface area contributed by atoms with Gasteiger partial charge in [-0.05, 0) is 31.3 Å². The van der Waals surface area contributed by atoms with Crippen molar-refractivity contribution in [3.63, 3.8) is 0 Å². The average Bonchev–Trinajstić information content (AvgIpc) is 2.21. The minimum Gasteiger partial charge on any atom is -0.399 e. The SMILES string of the molecule is CC.CNS(=O)(=O)c1ccc(N)cc1.[HH]. The van der Waals surface area contributed by atoms with E-state index in [4.69, 9.17) is 5.73 Å². The maximum absolute atomic E-state index is 11.2. The summed E-state index contributed by atoms with van der Waals surface area (Å²) in [5.41, 5.74) is 5.94. The quantitative estimate of drug-likeness (QED) is 0.738. The van der Waals surface area contributed by atoms with Crippen molar-refractivity contribution in [2.75, 3.05) is 12.8 Å². The molecule has 0 spiro atoms. The van der Waals surface area contributed by atoms with E-state index in [1.54, 1.807) is 12.1 Å². The summed E-state index contributed by atoms with van der Waals surface area (Å²) in [4.78, 5) is 0.221. The Hall–Kier alpha value is -1.07. The first-order valence-corrected chi connectivity index (χ1v) is 5.83. The third-order valence-electron chi connectivity index (χ3n) is 1.46. The summed E-state index contributed by atoms with van der Waals surface area (Å²) in [6.45, 7) is 4.00. The molecule has 1 rings (SSSR count). The topological polar surface area (TPSA) is 72.2 Å². The normalized spacial score (nSPS) is 10.2. The lowest BCUT2D eigenvalue weighted by Crippen LogP contribution is -2.18. The predicted molar refractivity (Wildman–Crippen MR) is 60.6 cm³/mol. The molecule has 14 heavy (non-hydrogen) atoms. The van der Waals surface area contributed by atoms with E-state index < -0.39 is 10.0 Å². The van der Waals surface area contributed by atoms with E-state index in [0.29, 0.717) is 5.69 Å². The van der Waals surface area contributed by atoms with E-state index in [0.717, 1.165) is 0 Å². The lowest BCUT2D eigenvalue weighted by molar-refractivity contribution is 0.588. The van der Waals surface area contributed by atoms with Crippen LogP contribution in [0, 0.1) is 0 Å². The van der Waals surface area contributed by atoms with Crippen LogP contribution in [0.4, 0.5) is 5.69 Å². The zero-order valence-electron chi connectivity index (χ0n) is 8.61. The minimum absolute atomic E-state index is 0. The molecule has 0 aliphatic carbocycles. The van der Waals surface area contributed by atoms with Crippen LogP contribution >= 0.6 is 0 Å². The Balaban J connectivity index is 0. The third-order valence-corrected chi connectivity index (χ3v) is 2.89. The molecule has 1 aromatic carbocycles. The molecule has 1 aromatic rings. The van der Waals surface area contributed by atoms with Gasteiger partial charge in [0.1, 0.15) is 0 Å². The molecule has 0 radical (unpaired) electrons. The van der Waals surface area contributed by atoms with Gasteiger partial charge in [-0.15, -0.1) is 0 Å². The number of sulfonamides is 1. The first kappa shape index (κ1) is 12.9. The average molecular weight is 218 g/mol. The Morgan fingerprint density at radius 3 is 2.00 bits per heavy atom. The molecule has 0 bridgehead atoms. The summed E-state index contributed by atoms with van der Waals surface area (Å²) in [5.74, 6) is 0. The van der Waals surface area contributed by atoms with Crippen LogP contribution in [0.25, 0.3) is 0 Å². The van der Waals surface area contributed by atoms with E-state index >= 15 is 0 Å². The summed E-state index contributed by atoms with van der Waals surface area (Å²) in [7, 11) is -1.95. The van der Waals surface area contributed by atoms with Crippen molar-refractivity contribution >= 4 is 15.7 Å². The summed E-state index contributed by atoms with van der Waals surface area (Å²) in [6.07, 6.45) is 0. The highest BCUT2D eigenvalue weighted by Crippen LogP contribution is 2.10. The second-order valence-electron chi connectivity index (χ2n) is 2.28. The summed E-state index contributed by atoms with van der Waals surface area (Å²) >= 11 is 0. The Labute approximate surface area is 86.7 Å². The van der Waals surface area contributed by atoms with Gasteiger partial charge in [-0.3, -0.25) is 0 Å². The van der Waals surface area contributed by atoms with Crippen LogP contribution in [-0.2, 0) is 10.0 Å². The molecule has 4 nitrogen and oxygen atoms in total. The number of nitrogen functional groups attached to an aromatic ring is 1. The molecule has 0 amide bonds. The second-order valence-corrected chi connectivity index (χ2v) is 4.16. The lowest BCUT2D eigenvalue weighted by atomic mass is 10.3. The van der Waals surface area contributed by atoms with Gasteiger partial charge >= 0.3 is 0 Å². The zero-order chi connectivity index (χ0) is 11.2. The Morgan fingerprint density at radius 2 is 1.64 bits per heavy atom. The summed E-state index contributed by atoms with van der Waals surface area (Å²) in [6, 6.07) is 6.01. The fraction of sp³-hybridized carbons (Fsp3) is 0.333. The molecule has 0 aliphatic rings. The van der Waals surface area contributed by atoms with Crippen molar-refractivity contribution in [2.24, 2.45) is 0 Å². The summed E-state index contributed by atoms with van der Waals surface area (Å²) < 4.78 is 24.5. The molecule has 0 saturated heterocycles. The first-order valence-electron chi connectivity index (χ1n) is 4.35. The first-order chi connectivity index (χ1) is 6.56. The fourth-order valence-corrected chi connectivity index (χ4v) is 1.49. The van der Waals surface area contributed by atoms with Gasteiger partial charge in [0, 0.05) is 7.11 Å². The maximum Gasteiger partial charge on any atom is 0.240 e. The van der Waals surface area contributed by atoms with Crippen LogP contribution < -0.4 is 10.5 Å². The van der Waals surface area contributed by atoms with Crippen LogP contribution in [0.1, 0.15) is 15.3 Å². The predicted octanol–water partition coefficient (Wildman–Crippen LogP) is 1.45. The number of hydrogen-bond donors (Lipinski definition) is 2. The molecule has 5 heteroatoms. The Kier molecular flexibility index (Phi) is 5.19. The van der Waals surface area contributed by atoms with Gasteiger partial charge in [0.2, 0.25) is 10.0 Å². The fourth-order valence-electron chi connectivity index (χ4n) is 0.765. The largest absolute Gasteiger partial charge is 0.399 e. The smallest absolute Gasteiger partial charge is 0.240 e. The number of rotatable bonds is 2. The number of hydrogen-bond acceptors (Lipinski definition) is 3. The van der Waals surface area contributed by atoms with Gasteiger partial charge in [0.05, 0.1) is 4.90 Å². The highest BCUT2D eigenvalue weighted by atomic mass is 32.2. The highest BCUT2D eigenvalue weighted by molar-refractivity contribution is 7.89. The highest BCUT2D eigenvalue weighted by Gasteiger charge is 2.09. The molecule has 0 atom stereocenters. The van der Waals surface area contributed by atoms with Gasteiger partial charge in [0.25, 0.3) is 0 Å². The van der Waals surface area contributed by atoms with Crippen molar-refractivity contribution in [2.45, 2.75) is 18.7 Å². The van der Waals surface area contributed by atoms with E-state index in [9.17, 15) is 8.42 Å². The monoisotopic (exact) mass is 218 g/mol. The molecule has 0 aliphatic heterocycles. The van der Waals surface area contributed by atoms with Crippen molar-refractivity contribution < 1.29 is 9.84 Å². The zero-order valence-corrected chi connectivity index (χ0v) is 9.43.